The van der Waals surface area contributed by atoms with Gasteiger partial charge in [-0.25, -0.2) is 0 Å². The molecule has 4 nitrogen and oxygen atoms in total. The molecule has 2 N–H and O–H groups in total. The molecule has 0 aliphatic heterocycles. The molecule has 0 aromatic carbocycles. The number of hydrogen-bond donors (Lipinski definition) is 2. The van der Waals surface area contributed by atoms with E-state index >= 15 is 0 Å². The Morgan fingerprint density at radius 3 is 2.67 bits per heavy atom. The summed E-state index contributed by atoms with van der Waals surface area (Å²) >= 11 is 0. The van der Waals surface area contributed by atoms with Crippen LogP contribution in [-0.4, -0.2) is 21.6 Å². The lowest BCUT2D eigenvalue weighted by atomic mass is 10.1. The molecule has 0 saturated heterocycles. The van der Waals surface area contributed by atoms with Crippen molar-refractivity contribution in [3.63, 3.8) is 0 Å². The van der Waals surface area contributed by atoms with Crippen LogP contribution in [0.5, 0.6) is 0 Å². The van der Waals surface area contributed by atoms with Crippen LogP contribution < -0.4 is 5.32 Å². The van der Waals surface area contributed by atoms with E-state index in [2.05, 4.69) is 15.5 Å². The van der Waals surface area contributed by atoms with Gasteiger partial charge < -0.3 is 5.32 Å². The number of hydrogen-bond acceptors (Lipinski definition) is 2. The van der Waals surface area contributed by atoms with Gasteiger partial charge in [0.1, 0.15) is 0 Å². The molecule has 0 saturated carbocycles. The van der Waals surface area contributed by atoms with Gasteiger partial charge in [0.05, 0.1) is 11.8 Å². The van der Waals surface area contributed by atoms with Gasteiger partial charge in [-0.15, -0.1) is 0 Å². The molecule has 1 aromatic rings. The minimum Gasteiger partial charge on any atom is -0.347 e. The van der Waals surface area contributed by atoms with E-state index in [0.717, 1.165) is 0 Å². The van der Waals surface area contributed by atoms with E-state index in [-0.39, 0.29) is 11.4 Å². The summed E-state index contributed by atoms with van der Waals surface area (Å²) in [5.41, 5.74) is 0.360. The first-order chi connectivity index (χ1) is 5.49. The van der Waals surface area contributed by atoms with E-state index < -0.39 is 0 Å². The molecular formula is C8H13N3O. The van der Waals surface area contributed by atoms with Crippen LogP contribution >= 0.6 is 0 Å². The molecule has 1 rings (SSSR count). The second kappa shape index (κ2) is 2.97. The summed E-state index contributed by atoms with van der Waals surface area (Å²) in [4.78, 5) is 11.4. The second-order valence-corrected chi connectivity index (χ2v) is 3.69. The Balaban J connectivity index is 2.63. The zero-order valence-corrected chi connectivity index (χ0v) is 7.51. The first kappa shape index (κ1) is 8.77. The first-order valence-corrected chi connectivity index (χ1v) is 3.80. The molecule has 0 unspecified atom stereocenters. The number of carbonyl (C=O) groups excluding carboxylic acids is 1. The molecule has 1 heterocycles. The van der Waals surface area contributed by atoms with Crippen molar-refractivity contribution in [2.45, 2.75) is 26.3 Å². The van der Waals surface area contributed by atoms with Gasteiger partial charge in [-0.2, -0.15) is 5.10 Å². The largest absolute Gasteiger partial charge is 0.347 e. The smallest absolute Gasteiger partial charge is 0.254 e. The molecule has 1 amide bonds. The topological polar surface area (TPSA) is 57.8 Å². The molecule has 0 bridgehead atoms. The van der Waals surface area contributed by atoms with Crippen molar-refractivity contribution in [3.05, 3.63) is 18.0 Å². The molecular weight excluding hydrogens is 154 g/mol. The highest BCUT2D eigenvalue weighted by atomic mass is 16.1. The molecule has 0 aliphatic rings. The number of rotatable bonds is 1. The Bertz CT molecular complexity index is 258. The lowest BCUT2D eigenvalue weighted by Gasteiger charge is -2.19. The SMILES string of the molecule is CC(C)(C)NC(=O)c1cn[nH]c1. The summed E-state index contributed by atoms with van der Waals surface area (Å²) in [7, 11) is 0. The summed E-state index contributed by atoms with van der Waals surface area (Å²) in [6.07, 6.45) is 3.07. The van der Waals surface area contributed by atoms with Gasteiger partial charge in [-0.1, -0.05) is 0 Å². The summed E-state index contributed by atoms with van der Waals surface area (Å²) < 4.78 is 0. The summed E-state index contributed by atoms with van der Waals surface area (Å²) in [5, 5.41) is 9.10. The quantitative estimate of drug-likeness (QED) is 0.654. The fraction of sp³-hybridized carbons (Fsp3) is 0.500. The van der Waals surface area contributed by atoms with Gasteiger partial charge in [0.15, 0.2) is 0 Å². The maximum atomic E-state index is 11.4. The number of aromatic nitrogens is 2. The zero-order valence-electron chi connectivity index (χ0n) is 7.51. The number of aromatic amines is 1. The Kier molecular flexibility index (Phi) is 2.17. The van der Waals surface area contributed by atoms with Gasteiger partial charge in [0, 0.05) is 11.7 Å². The third kappa shape index (κ3) is 2.38. The third-order valence-electron chi connectivity index (χ3n) is 1.25. The summed E-state index contributed by atoms with van der Waals surface area (Å²) in [6.45, 7) is 5.81. The van der Waals surface area contributed by atoms with E-state index in [1.54, 1.807) is 6.20 Å². The molecule has 0 aliphatic carbocycles. The Morgan fingerprint density at radius 1 is 1.58 bits per heavy atom. The lowest BCUT2D eigenvalue weighted by Crippen LogP contribution is -2.40. The zero-order chi connectivity index (χ0) is 9.19. The number of nitrogens with zero attached hydrogens (tertiary/aromatic N) is 1. The number of H-pyrrole nitrogens is 1. The van der Waals surface area contributed by atoms with Crippen LogP contribution in [0, 0.1) is 0 Å². The van der Waals surface area contributed by atoms with Gasteiger partial charge >= 0.3 is 0 Å². The monoisotopic (exact) mass is 167 g/mol. The second-order valence-electron chi connectivity index (χ2n) is 3.69. The molecule has 0 radical (unpaired) electrons. The predicted octanol–water partition coefficient (Wildman–Crippen LogP) is 0.938. The van der Waals surface area contributed by atoms with E-state index in [1.807, 2.05) is 20.8 Å². The van der Waals surface area contributed by atoms with Crippen LogP contribution in [0.15, 0.2) is 12.4 Å². The summed E-state index contributed by atoms with van der Waals surface area (Å²) in [6, 6.07) is 0. The molecule has 4 heteroatoms. The molecule has 0 atom stereocenters. The molecule has 0 spiro atoms. The molecule has 12 heavy (non-hydrogen) atoms. The fourth-order valence-corrected chi connectivity index (χ4v) is 0.788. The minimum atomic E-state index is -0.200. The highest BCUT2D eigenvalue weighted by Gasteiger charge is 2.15. The number of nitrogens with one attached hydrogen (secondary N) is 2. The van der Waals surface area contributed by atoms with Gasteiger partial charge in [0.25, 0.3) is 5.91 Å². The fourth-order valence-electron chi connectivity index (χ4n) is 0.788. The highest BCUT2D eigenvalue weighted by molar-refractivity contribution is 5.94. The van der Waals surface area contributed by atoms with Crippen LogP contribution in [0.25, 0.3) is 0 Å². The Morgan fingerprint density at radius 2 is 2.25 bits per heavy atom. The lowest BCUT2D eigenvalue weighted by molar-refractivity contribution is 0.0919. The van der Waals surface area contributed by atoms with Gasteiger partial charge in [-0.3, -0.25) is 9.89 Å². The average molecular weight is 167 g/mol. The molecule has 0 fully saturated rings. The maximum Gasteiger partial charge on any atom is 0.254 e. The molecule has 66 valence electrons. The van der Waals surface area contributed by atoms with Gasteiger partial charge in [-0.05, 0) is 20.8 Å². The normalized spacial score (nSPS) is 11.2. The van der Waals surface area contributed by atoms with E-state index in [1.165, 1.54) is 6.20 Å². The van der Waals surface area contributed by atoms with Crippen LogP contribution in [0.4, 0.5) is 0 Å². The predicted molar refractivity (Wildman–Crippen MR) is 45.8 cm³/mol. The van der Waals surface area contributed by atoms with Crippen LogP contribution in [-0.2, 0) is 0 Å². The van der Waals surface area contributed by atoms with Crippen LogP contribution in [0.3, 0.4) is 0 Å². The standard InChI is InChI=1S/C8H13N3O/c1-8(2,3)11-7(12)6-4-9-10-5-6/h4-5H,1-3H3,(H,9,10)(H,11,12). The van der Waals surface area contributed by atoms with Crippen molar-refractivity contribution in [1.29, 1.82) is 0 Å². The van der Waals surface area contributed by atoms with Crippen molar-refractivity contribution in [2.75, 3.05) is 0 Å². The van der Waals surface area contributed by atoms with Gasteiger partial charge in [0.2, 0.25) is 0 Å². The Hall–Kier alpha value is -1.32. The van der Waals surface area contributed by atoms with Crippen LogP contribution in [0.1, 0.15) is 31.1 Å². The van der Waals surface area contributed by atoms with Crippen LogP contribution in [0.2, 0.25) is 0 Å². The van der Waals surface area contributed by atoms with Crippen molar-refractivity contribution in [1.82, 2.24) is 15.5 Å². The van der Waals surface area contributed by atoms with Crippen molar-refractivity contribution >= 4 is 5.91 Å². The number of carbonyl (C=O) groups is 1. The van der Waals surface area contributed by atoms with Crippen molar-refractivity contribution in [2.24, 2.45) is 0 Å². The van der Waals surface area contributed by atoms with E-state index in [0.29, 0.717) is 5.56 Å². The average Bonchev–Trinajstić information content (AvgIpc) is 2.32. The maximum absolute atomic E-state index is 11.4. The van der Waals surface area contributed by atoms with E-state index in [9.17, 15) is 4.79 Å². The first-order valence-electron chi connectivity index (χ1n) is 3.80. The number of amides is 1. The third-order valence-corrected chi connectivity index (χ3v) is 1.25. The molecule has 1 aromatic heterocycles. The summed E-state index contributed by atoms with van der Waals surface area (Å²) in [5.74, 6) is -0.101. The van der Waals surface area contributed by atoms with E-state index in [4.69, 9.17) is 0 Å². The van der Waals surface area contributed by atoms with Crippen molar-refractivity contribution in [3.8, 4) is 0 Å². The van der Waals surface area contributed by atoms with Crippen molar-refractivity contribution < 1.29 is 4.79 Å². The minimum absolute atomic E-state index is 0.101. The highest BCUT2D eigenvalue weighted by Crippen LogP contribution is 2.01. The Labute approximate surface area is 71.4 Å².